The molecule has 0 spiro atoms. The average molecular weight is 461 g/mol. The third kappa shape index (κ3) is 4.65. The number of nitrogens with one attached hydrogen (secondary N) is 2. The number of hydrogen-bond acceptors (Lipinski definition) is 7. The van der Waals surface area contributed by atoms with E-state index in [9.17, 15) is 4.79 Å². The number of carbonyl (C=O) groups is 1. The quantitative estimate of drug-likeness (QED) is 0.426. The molecule has 3 aromatic heterocycles. The van der Waals surface area contributed by atoms with Crippen molar-refractivity contribution in [2.75, 3.05) is 23.8 Å². The van der Waals surface area contributed by atoms with Gasteiger partial charge in [-0.25, -0.2) is 14.6 Å². The van der Waals surface area contributed by atoms with E-state index in [1.54, 1.807) is 6.20 Å². The standard InChI is InChI=1S/C25H28N6O3/c1-3-31-24-20(14-27-31)23(29-18-8-10-33-11-9-18)21(13-26-24)25-30-19(15-34-25)12-22(32)28-17-6-4-16(2)5-7-17/h4-7,13-15,18H,3,8-12H2,1-2H3,(H,26,29)(H,28,32). The van der Waals surface area contributed by atoms with Crippen molar-refractivity contribution in [3.63, 3.8) is 0 Å². The predicted octanol–water partition coefficient (Wildman–Crippen LogP) is 4.19. The first-order valence-electron chi connectivity index (χ1n) is 11.6. The molecule has 9 nitrogen and oxygen atoms in total. The fourth-order valence-corrected chi connectivity index (χ4v) is 4.14. The topological polar surface area (TPSA) is 107 Å². The molecule has 4 aromatic rings. The molecule has 0 saturated carbocycles. The number of anilines is 2. The molecule has 34 heavy (non-hydrogen) atoms. The van der Waals surface area contributed by atoms with Gasteiger partial charge in [-0.3, -0.25) is 4.79 Å². The number of aryl methyl sites for hydroxylation is 2. The molecule has 5 rings (SSSR count). The molecule has 1 aliphatic rings. The van der Waals surface area contributed by atoms with Gasteiger partial charge in [0, 0.05) is 37.7 Å². The second-order valence-corrected chi connectivity index (χ2v) is 8.51. The van der Waals surface area contributed by atoms with Crippen molar-refractivity contribution in [2.45, 2.75) is 45.7 Å². The molecule has 1 amide bonds. The van der Waals surface area contributed by atoms with Crippen LogP contribution in [0, 0.1) is 6.92 Å². The van der Waals surface area contributed by atoms with Crippen LogP contribution in [0.4, 0.5) is 11.4 Å². The number of ether oxygens (including phenoxy) is 1. The summed E-state index contributed by atoms with van der Waals surface area (Å²) in [7, 11) is 0. The van der Waals surface area contributed by atoms with Gasteiger partial charge < -0.3 is 19.8 Å². The zero-order valence-corrected chi connectivity index (χ0v) is 19.4. The lowest BCUT2D eigenvalue weighted by Crippen LogP contribution is -2.28. The summed E-state index contributed by atoms with van der Waals surface area (Å²) in [6.07, 6.45) is 7.07. The first-order chi connectivity index (χ1) is 16.6. The summed E-state index contributed by atoms with van der Waals surface area (Å²) in [4.78, 5) is 21.7. The van der Waals surface area contributed by atoms with E-state index in [2.05, 4.69) is 25.7 Å². The van der Waals surface area contributed by atoms with Gasteiger partial charge in [0.2, 0.25) is 11.8 Å². The van der Waals surface area contributed by atoms with Crippen molar-refractivity contribution in [2.24, 2.45) is 0 Å². The number of pyridine rings is 1. The SMILES string of the molecule is CCn1ncc2c(NC3CCOCC3)c(-c3nc(CC(=O)Nc4ccc(C)cc4)co3)cnc21. The van der Waals surface area contributed by atoms with Crippen LogP contribution in [0.1, 0.15) is 31.0 Å². The van der Waals surface area contributed by atoms with Gasteiger partial charge in [0.25, 0.3) is 0 Å². The van der Waals surface area contributed by atoms with E-state index >= 15 is 0 Å². The van der Waals surface area contributed by atoms with Gasteiger partial charge in [0.15, 0.2) is 5.65 Å². The second-order valence-electron chi connectivity index (χ2n) is 8.51. The summed E-state index contributed by atoms with van der Waals surface area (Å²) in [5.74, 6) is 0.272. The first kappa shape index (κ1) is 22.1. The normalized spacial score (nSPS) is 14.4. The Hall–Kier alpha value is -3.72. The lowest BCUT2D eigenvalue weighted by molar-refractivity contribution is -0.115. The molecule has 0 unspecified atom stereocenters. The van der Waals surface area contributed by atoms with Crippen molar-refractivity contribution in [3.8, 4) is 11.5 Å². The minimum atomic E-state index is -0.151. The third-order valence-electron chi connectivity index (χ3n) is 5.99. The van der Waals surface area contributed by atoms with Crippen LogP contribution in [0.5, 0.6) is 0 Å². The minimum absolute atomic E-state index is 0.115. The van der Waals surface area contributed by atoms with E-state index in [1.165, 1.54) is 6.26 Å². The maximum Gasteiger partial charge on any atom is 0.230 e. The van der Waals surface area contributed by atoms with E-state index in [0.717, 1.165) is 66.1 Å². The number of amides is 1. The van der Waals surface area contributed by atoms with Gasteiger partial charge in [-0.05, 0) is 38.8 Å². The van der Waals surface area contributed by atoms with E-state index < -0.39 is 0 Å². The van der Waals surface area contributed by atoms with Gasteiger partial charge in [0.1, 0.15) is 6.26 Å². The number of benzene rings is 1. The summed E-state index contributed by atoms with van der Waals surface area (Å²) in [6.45, 7) is 6.23. The monoisotopic (exact) mass is 460 g/mol. The number of carbonyl (C=O) groups excluding carboxylic acids is 1. The fourth-order valence-electron chi connectivity index (χ4n) is 4.14. The van der Waals surface area contributed by atoms with Gasteiger partial charge >= 0.3 is 0 Å². The predicted molar refractivity (Wildman–Crippen MR) is 130 cm³/mol. The molecule has 4 heterocycles. The zero-order chi connectivity index (χ0) is 23.5. The van der Waals surface area contributed by atoms with Crippen molar-refractivity contribution in [3.05, 3.63) is 54.2 Å². The van der Waals surface area contributed by atoms with Gasteiger partial charge in [-0.2, -0.15) is 5.10 Å². The van der Waals surface area contributed by atoms with Gasteiger partial charge in [-0.15, -0.1) is 0 Å². The summed E-state index contributed by atoms with van der Waals surface area (Å²) in [5.41, 5.74) is 4.91. The molecular weight excluding hydrogens is 432 g/mol. The number of hydrogen-bond donors (Lipinski definition) is 2. The molecule has 1 fully saturated rings. The molecule has 1 aromatic carbocycles. The maximum atomic E-state index is 12.5. The smallest absolute Gasteiger partial charge is 0.230 e. The summed E-state index contributed by atoms with van der Waals surface area (Å²) in [6, 6.07) is 7.96. The van der Waals surface area contributed by atoms with E-state index in [4.69, 9.17) is 9.15 Å². The van der Waals surface area contributed by atoms with E-state index in [0.29, 0.717) is 11.6 Å². The largest absolute Gasteiger partial charge is 0.444 e. The first-order valence-corrected chi connectivity index (χ1v) is 11.6. The summed E-state index contributed by atoms with van der Waals surface area (Å²) < 4.78 is 13.2. The Labute approximate surface area is 197 Å². The highest BCUT2D eigenvalue weighted by Crippen LogP contribution is 2.34. The average Bonchev–Trinajstić information content (AvgIpc) is 3.48. The Morgan fingerprint density at radius 2 is 1.97 bits per heavy atom. The minimum Gasteiger partial charge on any atom is -0.444 e. The lowest BCUT2D eigenvalue weighted by Gasteiger charge is -2.25. The molecule has 1 aliphatic heterocycles. The number of nitrogens with zero attached hydrogens (tertiary/aromatic N) is 4. The molecule has 0 aliphatic carbocycles. The van der Waals surface area contributed by atoms with Crippen LogP contribution >= 0.6 is 0 Å². The number of fused-ring (bicyclic) bond motifs is 1. The van der Waals surface area contributed by atoms with E-state index in [-0.39, 0.29) is 18.4 Å². The van der Waals surface area contributed by atoms with Crippen LogP contribution in [0.3, 0.4) is 0 Å². The van der Waals surface area contributed by atoms with Crippen LogP contribution in [0.25, 0.3) is 22.5 Å². The maximum absolute atomic E-state index is 12.5. The molecule has 0 radical (unpaired) electrons. The summed E-state index contributed by atoms with van der Waals surface area (Å²) in [5, 5.41) is 12.0. The molecule has 176 valence electrons. The van der Waals surface area contributed by atoms with Gasteiger partial charge in [0.05, 0.1) is 34.9 Å². The van der Waals surface area contributed by atoms with Crippen LogP contribution in [-0.2, 0) is 22.5 Å². The highest BCUT2D eigenvalue weighted by Gasteiger charge is 2.22. The Bertz CT molecular complexity index is 1290. The van der Waals surface area contributed by atoms with Crippen molar-refractivity contribution in [1.29, 1.82) is 0 Å². The molecule has 2 N–H and O–H groups in total. The summed E-state index contributed by atoms with van der Waals surface area (Å²) >= 11 is 0. The van der Waals surface area contributed by atoms with Crippen molar-refractivity contribution < 1.29 is 13.9 Å². The molecular formula is C25H28N6O3. The zero-order valence-electron chi connectivity index (χ0n) is 19.4. The molecule has 0 atom stereocenters. The van der Waals surface area contributed by atoms with E-state index in [1.807, 2.05) is 49.0 Å². The Morgan fingerprint density at radius 3 is 2.74 bits per heavy atom. The third-order valence-corrected chi connectivity index (χ3v) is 5.99. The Kier molecular flexibility index (Phi) is 6.27. The van der Waals surface area contributed by atoms with Gasteiger partial charge in [-0.1, -0.05) is 17.7 Å². The molecule has 1 saturated heterocycles. The highest BCUT2D eigenvalue weighted by molar-refractivity contribution is 5.97. The molecule has 9 heteroatoms. The van der Waals surface area contributed by atoms with Crippen LogP contribution in [-0.4, -0.2) is 44.9 Å². The fraction of sp³-hybridized carbons (Fsp3) is 0.360. The Morgan fingerprint density at radius 1 is 1.18 bits per heavy atom. The highest BCUT2D eigenvalue weighted by atomic mass is 16.5. The number of rotatable bonds is 7. The Balaban J connectivity index is 1.40. The number of aromatic nitrogens is 4. The van der Waals surface area contributed by atoms with Crippen molar-refractivity contribution >= 4 is 28.3 Å². The van der Waals surface area contributed by atoms with Crippen LogP contribution < -0.4 is 10.6 Å². The molecule has 0 bridgehead atoms. The number of oxazole rings is 1. The second kappa shape index (κ2) is 9.64. The van der Waals surface area contributed by atoms with Crippen LogP contribution in [0.2, 0.25) is 0 Å². The van der Waals surface area contributed by atoms with Crippen LogP contribution in [0.15, 0.2) is 47.3 Å². The lowest BCUT2D eigenvalue weighted by atomic mass is 10.1. The van der Waals surface area contributed by atoms with Crippen molar-refractivity contribution in [1.82, 2.24) is 19.7 Å².